The van der Waals surface area contributed by atoms with Crippen molar-refractivity contribution in [2.24, 2.45) is 5.73 Å². The molecule has 5 aromatic carbocycles. The minimum absolute atomic E-state index is 0. The normalized spacial score (nSPS) is 12.8. The van der Waals surface area contributed by atoms with Gasteiger partial charge in [-0.2, -0.15) is 0 Å². The van der Waals surface area contributed by atoms with Crippen molar-refractivity contribution in [2.75, 3.05) is 77.8 Å². The molecule has 3 aromatic heterocycles. The molecule has 25 nitrogen and oxygen atoms in total. The number of carbonyl (C=O) groups is 7. The van der Waals surface area contributed by atoms with E-state index in [1.54, 1.807) is 56.2 Å². The zero-order chi connectivity index (χ0) is 113. The summed E-state index contributed by atoms with van der Waals surface area (Å²) in [7, 11) is 7.69. The van der Waals surface area contributed by atoms with E-state index in [9.17, 15) is 38.7 Å². The molecule has 0 unspecified atom stereocenters. The SMILES string of the molecule is C.CC.CC.CC.CC.CC.CC.CC.CC.CC.CC.CC.CC.CC.CC(C)(C)OC(=O)N1CCc2cccc(C(=O)O)c2C1.CN.CNC(=O)c1cccc2c1CN(C(=O)OC(C)(C)C)CC2.CNC(=O)c1cccc2c1CN(c1ccc(B3OC(C)(C)C(C)(C)O3)c(C)n1)CC2.CNC(=O)c1cccc2c1CN(c1ccc(Br)c(C)n1)CC2.CNC(=O)c1cccc2c1CNCC2.Cc1ccc(Br)c(C)n1. The van der Waals surface area contributed by atoms with Crippen LogP contribution < -0.4 is 47.6 Å². The molecule has 0 bridgehead atoms. The number of benzene rings is 5. The second kappa shape index (κ2) is 81.9. The van der Waals surface area contributed by atoms with Crippen LogP contribution in [0.5, 0.6) is 0 Å². The van der Waals surface area contributed by atoms with Gasteiger partial charge in [-0.05, 0) is 291 Å². The predicted octanol–water partition coefficient (Wildman–Crippen LogP) is 27.4. The Hall–Kier alpha value is -10.1. The summed E-state index contributed by atoms with van der Waals surface area (Å²) < 4.78 is 25.2. The zero-order valence-corrected chi connectivity index (χ0v) is 101. The number of aryl methyl sites for hydroxylation is 4. The summed E-state index contributed by atoms with van der Waals surface area (Å²) in [5, 5.41) is 23.3. The molecule has 145 heavy (non-hydrogen) atoms. The summed E-state index contributed by atoms with van der Waals surface area (Å²) >= 11 is 6.85. The van der Waals surface area contributed by atoms with Crippen LogP contribution in [-0.2, 0) is 83.6 Å². The quantitative estimate of drug-likeness (QED) is 0.0695. The number of ether oxygens (including phenoxy) is 2. The Morgan fingerprint density at radius 3 is 0.959 bits per heavy atom. The number of pyridine rings is 3. The highest BCUT2D eigenvalue weighted by atomic mass is 79.9. The Balaban J connectivity index is -0.000000305. The number of anilines is 2. The molecule has 9 heterocycles. The van der Waals surface area contributed by atoms with Crippen LogP contribution in [0.2, 0.25) is 0 Å². The van der Waals surface area contributed by atoms with Gasteiger partial charge in [-0.15, -0.1) is 0 Å². The van der Waals surface area contributed by atoms with Gasteiger partial charge in [-0.1, -0.05) is 254 Å². The average Bonchev–Trinajstić information content (AvgIpc) is 1.62. The molecular formula is C117H198BBr2N13O12. The fourth-order valence-electron chi connectivity index (χ4n) is 14.1. The third kappa shape index (κ3) is 48.6. The number of hydrogen-bond donors (Lipinski definition) is 7. The third-order valence-electron chi connectivity index (χ3n) is 21.1. The summed E-state index contributed by atoms with van der Waals surface area (Å²) in [4.78, 5) is 105. The van der Waals surface area contributed by atoms with E-state index in [0.717, 1.165) is 151 Å². The van der Waals surface area contributed by atoms with Crippen LogP contribution in [0.3, 0.4) is 0 Å². The lowest BCUT2D eigenvalue weighted by Gasteiger charge is -2.32. The smallest absolute Gasteiger partial charge is 0.478 e. The Morgan fingerprint density at radius 1 is 0.386 bits per heavy atom. The molecule has 0 radical (unpaired) electrons. The van der Waals surface area contributed by atoms with E-state index in [2.05, 4.69) is 136 Å². The van der Waals surface area contributed by atoms with Gasteiger partial charge in [0.05, 0.1) is 41.2 Å². The molecule has 1 fully saturated rings. The fourth-order valence-corrected chi connectivity index (χ4v) is 14.6. The van der Waals surface area contributed by atoms with Gasteiger partial charge in [0.1, 0.15) is 22.8 Å². The number of aromatic nitrogens is 3. The Bertz CT molecular complexity index is 4930. The van der Waals surface area contributed by atoms with Crippen molar-refractivity contribution in [1.82, 2.24) is 51.3 Å². The number of fused-ring (bicyclic) bond motifs is 5. The highest BCUT2D eigenvalue weighted by molar-refractivity contribution is 9.10. The van der Waals surface area contributed by atoms with E-state index in [-0.39, 0.29) is 60.5 Å². The minimum atomic E-state index is -0.965. The van der Waals surface area contributed by atoms with Gasteiger partial charge < -0.3 is 75.8 Å². The molecular weight excluding hydrogens is 1950 g/mol. The molecule has 6 aliphatic heterocycles. The topological polar surface area (TPSA) is 314 Å². The summed E-state index contributed by atoms with van der Waals surface area (Å²) in [6.07, 6.45) is 3.48. The van der Waals surface area contributed by atoms with Crippen molar-refractivity contribution >= 4 is 97.9 Å². The van der Waals surface area contributed by atoms with E-state index >= 15 is 0 Å². The first-order valence-electron chi connectivity index (χ1n) is 52.8. The first-order chi connectivity index (χ1) is 68.8. The summed E-state index contributed by atoms with van der Waals surface area (Å²) in [6.45, 7) is 86.0. The van der Waals surface area contributed by atoms with Crippen molar-refractivity contribution < 1.29 is 57.5 Å². The average molecular weight is 2150 g/mol. The van der Waals surface area contributed by atoms with Gasteiger partial charge in [0.2, 0.25) is 0 Å². The van der Waals surface area contributed by atoms with Crippen molar-refractivity contribution in [1.29, 1.82) is 0 Å². The van der Waals surface area contributed by atoms with Crippen molar-refractivity contribution in [3.8, 4) is 0 Å². The van der Waals surface area contributed by atoms with Crippen LogP contribution in [-0.4, -0.2) is 169 Å². The van der Waals surface area contributed by atoms with Crippen LogP contribution in [0.4, 0.5) is 21.2 Å². The standard InChI is InChI=1S/C23H30BN3O3.C17H18BrN3O.C16H22N2O3.C15H19NO4.C11H14N2O.C7H8BrN.13C2H6.CH5N.CH4/c1-15-19(24-29-22(2,3)23(4,5)30-24)10-11-20(26-15)27-13-12-16-8-7-9-17(18(16)14-27)21(28)25-6;1-11-15(18)6-7-16(20-11)21-9-8-12-4-3-5-13(14(12)10-21)17(22)19-2;1-16(2,3)21-15(20)18-9-8-11-6-5-7-12(13(11)10-18)14(19)17-4;1-15(2,3)20-14(19)16-8-7-10-5-4-6-11(13(17)18)12(10)9-16;1-12-11(14)9-4-2-3-8-5-6-13-7-10(8)9;1-5-3-4-7(8)6(2)9-5;14*1-2;/h7-11H,12-14H2,1-6H3,(H,25,28);3-7H,8-10H2,1-2H3,(H,19,22);5-7H,8-10H2,1-4H3,(H,17,19);4-6H,7-9H2,1-3H3,(H,17,18);2-4,13H,5-7H2,1H3,(H,12,14);3-4H,1-2H3;13*1-2H3;2H2,1H3;1H4. The number of carbonyl (C=O) groups excluding carboxylic acids is 6. The van der Waals surface area contributed by atoms with Crippen LogP contribution in [0.1, 0.15) is 387 Å². The van der Waals surface area contributed by atoms with Crippen molar-refractivity contribution in [3.05, 3.63) is 243 Å². The number of carboxylic acids is 1. The maximum Gasteiger partial charge on any atom is 0.496 e. The number of halogens is 2. The monoisotopic (exact) mass is 2150 g/mol. The fraction of sp³-hybridized carbons (Fsp3) is 0.556. The Kier molecular flexibility index (Phi) is 83.5. The Morgan fingerprint density at radius 2 is 0.662 bits per heavy atom. The van der Waals surface area contributed by atoms with Gasteiger partial charge in [-0.25, -0.2) is 24.4 Å². The van der Waals surface area contributed by atoms with Gasteiger partial charge in [0.25, 0.3) is 23.6 Å². The number of nitrogens with two attached hydrogens (primary N) is 1. The molecule has 6 amide bonds. The first kappa shape index (κ1) is 148. The van der Waals surface area contributed by atoms with E-state index in [1.807, 2.05) is 334 Å². The van der Waals surface area contributed by atoms with Crippen LogP contribution in [0.25, 0.3) is 0 Å². The number of amides is 6. The van der Waals surface area contributed by atoms with Gasteiger partial charge in [0, 0.05) is 122 Å². The Labute approximate surface area is 898 Å². The molecule has 0 aliphatic carbocycles. The van der Waals surface area contributed by atoms with Crippen LogP contribution in [0, 0.1) is 27.7 Å². The number of hydrogen-bond acceptors (Lipinski definition) is 18. The second-order valence-corrected chi connectivity index (χ2v) is 33.8. The van der Waals surface area contributed by atoms with Gasteiger partial charge in [0.15, 0.2) is 0 Å². The largest absolute Gasteiger partial charge is 0.496 e. The second-order valence-electron chi connectivity index (χ2n) is 32.1. The summed E-state index contributed by atoms with van der Waals surface area (Å²) in [5.41, 5.74) is 21.7. The predicted molar refractivity (Wildman–Crippen MR) is 625 cm³/mol. The van der Waals surface area contributed by atoms with E-state index < -0.39 is 30.4 Å². The zero-order valence-electron chi connectivity index (χ0n) is 97.7. The lowest BCUT2D eigenvalue weighted by atomic mass is 9.78. The van der Waals surface area contributed by atoms with E-state index in [4.69, 9.17) is 23.8 Å². The molecule has 1 saturated heterocycles. The highest BCUT2D eigenvalue weighted by Gasteiger charge is 2.52. The molecule has 8 N–H and O–H groups in total. The van der Waals surface area contributed by atoms with Crippen molar-refractivity contribution in [3.63, 3.8) is 0 Å². The maximum absolute atomic E-state index is 12.3. The van der Waals surface area contributed by atoms with Gasteiger partial charge >= 0.3 is 25.3 Å². The van der Waals surface area contributed by atoms with E-state index in [0.29, 0.717) is 50.3 Å². The number of carboxylic acid groups (broad SMARTS) is 1. The number of nitrogens with one attached hydrogen (secondary N) is 5. The lowest BCUT2D eigenvalue weighted by Crippen LogP contribution is -2.41. The number of rotatable bonds is 8. The summed E-state index contributed by atoms with van der Waals surface area (Å²) in [6, 6.07) is 40.9. The molecule has 0 saturated carbocycles. The number of aromatic carboxylic acids is 1. The highest BCUT2D eigenvalue weighted by Crippen LogP contribution is 2.38. The molecule has 0 atom stereocenters. The first-order valence-corrected chi connectivity index (χ1v) is 54.4. The third-order valence-corrected chi connectivity index (χ3v) is 22.8. The van der Waals surface area contributed by atoms with E-state index in [1.165, 1.54) is 23.7 Å². The van der Waals surface area contributed by atoms with Crippen LogP contribution >= 0.6 is 31.9 Å². The lowest BCUT2D eigenvalue weighted by molar-refractivity contribution is 0.00578. The molecule has 820 valence electrons. The molecule has 28 heteroatoms. The molecule has 6 aliphatic rings. The molecule has 14 rings (SSSR count). The maximum atomic E-state index is 12.3. The van der Waals surface area contributed by atoms with Crippen molar-refractivity contribution in [2.45, 2.75) is 372 Å². The molecule has 8 aromatic rings. The summed E-state index contributed by atoms with van der Waals surface area (Å²) in [5.74, 6) is 0.701. The minimum Gasteiger partial charge on any atom is -0.478 e. The van der Waals surface area contributed by atoms with Crippen LogP contribution in [0.15, 0.2) is 136 Å². The number of nitrogens with zero attached hydrogens (tertiary/aromatic N) is 7. The molecule has 0 spiro atoms. The van der Waals surface area contributed by atoms with Gasteiger partial charge in [-0.3, -0.25) is 24.2 Å².